The van der Waals surface area contributed by atoms with Crippen molar-refractivity contribution in [3.8, 4) is 0 Å². The summed E-state index contributed by atoms with van der Waals surface area (Å²) in [6, 6.07) is 10.2. The third kappa shape index (κ3) is 5.82. The van der Waals surface area contributed by atoms with Gasteiger partial charge in [-0.05, 0) is 43.0 Å². The van der Waals surface area contributed by atoms with Crippen molar-refractivity contribution in [2.45, 2.75) is 50.2 Å². The van der Waals surface area contributed by atoms with Crippen LogP contribution in [0.4, 0.5) is 0 Å². The van der Waals surface area contributed by atoms with Crippen molar-refractivity contribution in [2.24, 2.45) is 0 Å². The van der Waals surface area contributed by atoms with Crippen molar-refractivity contribution in [3.63, 3.8) is 0 Å². The van der Waals surface area contributed by atoms with Gasteiger partial charge < -0.3 is 5.32 Å². The van der Waals surface area contributed by atoms with Crippen LogP contribution in [0.3, 0.4) is 0 Å². The molecule has 1 amide bonds. The maximum Gasteiger partial charge on any atom is 0.224 e. The van der Waals surface area contributed by atoms with Gasteiger partial charge in [0.05, 0.1) is 12.1 Å². The second kappa shape index (κ2) is 9.04. The van der Waals surface area contributed by atoms with E-state index in [9.17, 15) is 4.79 Å². The summed E-state index contributed by atoms with van der Waals surface area (Å²) in [7, 11) is 0. The normalized spacial score (nSPS) is 11.3. The van der Waals surface area contributed by atoms with Crippen molar-refractivity contribution in [1.29, 1.82) is 0 Å². The van der Waals surface area contributed by atoms with Gasteiger partial charge in [-0.3, -0.25) is 4.79 Å². The predicted molar refractivity (Wildman–Crippen MR) is 110 cm³/mol. The predicted octanol–water partition coefficient (Wildman–Crippen LogP) is 3.83. The lowest BCUT2D eigenvalue weighted by Crippen LogP contribution is -2.26. The molecule has 142 valence electrons. The van der Waals surface area contributed by atoms with E-state index in [0.29, 0.717) is 18.2 Å². The molecule has 0 aliphatic heterocycles. The number of thioether (sulfide) groups is 1. The topological polar surface area (TPSA) is 59.3 Å². The molecule has 2 aromatic heterocycles. The first-order chi connectivity index (χ1) is 13.0. The quantitative estimate of drug-likeness (QED) is 0.475. The van der Waals surface area contributed by atoms with E-state index < -0.39 is 0 Å². The highest BCUT2D eigenvalue weighted by molar-refractivity contribution is 7.99. The summed E-state index contributed by atoms with van der Waals surface area (Å²) in [5, 5.41) is 7.95. The average molecular weight is 383 g/mol. The van der Waals surface area contributed by atoms with E-state index in [2.05, 4.69) is 41.4 Å². The van der Waals surface area contributed by atoms with Crippen LogP contribution in [0.15, 0.2) is 47.6 Å². The third-order valence-electron chi connectivity index (χ3n) is 4.11. The Balaban J connectivity index is 1.41. The minimum absolute atomic E-state index is 0.0653. The molecule has 0 spiro atoms. The van der Waals surface area contributed by atoms with Crippen molar-refractivity contribution in [1.82, 2.24) is 19.9 Å². The molecule has 0 atom stereocenters. The van der Waals surface area contributed by atoms with Crippen molar-refractivity contribution >= 4 is 23.3 Å². The number of nitrogens with one attached hydrogen (secondary N) is 1. The minimum Gasteiger partial charge on any atom is -0.356 e. The van der Waals surface area contributed by atoms with Crippen LogP contribution in [0.25, 0.3) is 5.65 Å². The lowest BCUT2D eigenvalue weighted by molar-refractivity contribution is -0.120. The second-order valence-electron chi connectivity index (χ2n) is 6.99. The van der Waals surface area contributed by atoms with Gasteiger partial charge in [-0.2, -0.15) is 5.10 Å². The molecule has 0 bridgehead atoms. The molecule has 0 aliphatic rings. The van der Waals surface area contributed by atoms with Crippen LogP contribution >= 0.6 is 11.8 Å². The number of hydrogen-bond donors (Lipinski definition) is 1. The summed E-state index contributed by atoms with van der Waals surface area (Å²) in [5.41, 5.74) is 3.99. The van der Waals surface area contributed by atoms with Crippen molar-refractivity contribution < 1.29 is 4.79 Å². The molecule has 0 unspecified atom stereocenters. The average Bonchev–Trinajstić information content (AvgIpc) is 2.99. The van der Waals surface area contributed by atoms with E-state index in [1.807, 2.05) is 53.8 Å². The van der Waals surface area contributed by atoms with Gasteiger partial charge in [0, 0.05) is 35.2 Å². The van der Waals surface area contributed by atoms with E-state index in [1.54, 1.807) is 0 Å². The zero-order valence-corrected chi connectivity index (χ0v) is 16.9. The third-order valence-corrected chi connectivity index (χ3v) is 5.13. The van der Waals surface area contributed by atoms with Gasteiger partial charge in [-0.15, -0.1) is 11.8 Å². The molecule has 1 N–H and O–H groups in total. The first-order valence-electron chi connectivity index (χ1n) is 9.33. The van der Waals surface area contributed by atoms with Gasteiger partial charge in [0.25, 0.3) is 0 Å². The Labute approximate surface area is 164 Å². The van der Waals surface area contributed by atoms with Gasteiger partial charge in [0.15, 0.2) is 5.65 Å². The van der Waals surface area contributed by atoms with E-state index in [0.717, 1.165) is 35.3 Å². The molecule has 2 heterocycles. The maximum absolute atomic E-state index is 12.1. The molecule has 0 aliphatic carbocycles. The number of aromatic nitrogens is 3. The Morgan fingerprint density at radius 1 is 1.22 bits per heavy atom. The first-order valence-corrected chi connectivity index (χ1v) is 10.2. The fourth-order valence-electron chi connectivity index (χ4n) is 2.89. The van der Waals surface area contributed by atoms with Gasteiger partial charge >= 0.3 is 0 Å². The van der Waals surface area contributed by atoms with Crippen LogP contribution in [0.1, 0.15) is 37.1 Å². The largest absolute Gasteiger partial charge is 0.356 e. The number of nitrogens with zero attached hydrogens (tertiary/aromatic N) is 3. The molecule has 3 rings (SSSR count). The smallest absolute Gasteiger partial charge is 0.224 e. The summed E-state index contributed by atoms with van der Waals surface area (Å²) in [5.74, 6) is 0.0653. The highest BCUT2D eigenvalue weighted by Gasteiger charge is 2.05. The minimum atomic E-state index is 0.0653. The van der Waals surface area contributed by atoms with Crippen LogP contribution in [0.2, 0.25) is 0 Å². The van der Waals surface area contributed by atoms with E-state index in [-0.39, 0.29) is 5.91 Å². The Bertz CT molecular complexity index is 902. The molecular weight excluding hydrogens is 356 g/mol. The van der Waals surface area contributed by atoms with Crippen LogP contribution in [0, 0.1) is 6.92 Å². The molecule has 3 aromatic rings. The Morgan fingerprint density at radius 3 is 2.74 bits per heavy atom. The zero-order chi connectivity index (χ0) is 19.2. The molecule has 6 heteroatoms. The lowest BCUT2D eigenvalue weighted by atomic mass is 10.1. The number of amides is 1. The highest BCUT2D eigenvalue weighted by Crippen LogP contribution is 2.22. The van der Waals surface area contributed by atoms with Gasteiger partial charge in [0.1, 0.15) is 0 Å². The number of aryl methyl sites for hydroxylation is 2. The SMILES string of the molecule is Cc1cc2ncc(CCCNC(=O)Cc3ccc(SC(C)C)cc3)cn2n1. The summed E-state index contributed by atoms with van der Waals surface area (Å²) in [4.78, 5) is 17.8. The monoisotopic (exact) mass is 382 g/mol. The van der Waals surface area contributed by atoms with Crippen LogP contribution in [0.5, 0.6) is 0 Å². The molecule has 1 aromatic carbocycles. The summed E-state index contributed by atoms with van der Waals surface area (Å²) in [6.45, 7) is 6.98. The molecular formula is C21H26N4OS. The van der Waals surface area contributed by atoms with Crippen LogP contribution in [-0.4, -0.2) is 32.3 Å². The van der Waals surface area contributed by atoms with Gasteiger partial charge in [-0.25, -0.2) is 9.50 Å². The number of carbonyl (C=O) groups excluding carboxylic acids is 1. The summed E-state index contributed by atoms with van der Waals surface area (Å²) in [6.07, 6.45) is 6.06. The highest BCUT2D eigenvalue weighted by atomic mass is 32.2. The van der Waals surface area contributed by atoms with E-state index in [1.165, 1.54) is 4.90 Å². The molecule has 0 fully saturated rings. The summed E-state index contributed by atoms with van der Waals surface area (Å²) < 4.78 is 1.81. The second-order valence-corrected chi connectivity index (χ2v) is 8.64. The van der Waals surface area contributed by atoms with Gasteiger partial charge in [0.2, 0.25) is 5.91 Å². The van der Waals surface area contributed by atoms with Crippen LogP contribution < -0.4 is 5.32 Å². The van der Waals surface area contributed by atoms with Crippen molar-refractivity contribution in [3.05, 3.63) is 59.5 Å². The zero-order valence-electron chi connectivity index (χ0n) is 16.1. The first kappa shape index (κ1) is 19.4. The van der Waals surface area contributed by atoms with Gasteiger partial charge in [-0.1, -0.05) is 26.0 Å². The van der Waals surface area contributed by atoms with Crippen molar-refractivity contribution in [2.75, 3.05) is 6.54 Å². The fourth-order valence-corrected chi connectivity index (χ4v) is 3.73. The molecule has 27 heavy (non-hydrogen) atoms. The number of hydrogen-bond acceptors (Lipinski definition) is 4. The fraction of sp³-hybridized carbons (Fsp3) is 0.381. The standard InChI is InChI=1S/C21H26N4OS/c1-15(2)27-19-8-6-17(7-9-19)12-21(26)22-10-4-5-18-13-23-20-11-16(3)24-25(20)14-18/h6-9,11,13-15H,4-5,10,12H2,1-3H3,(H,22,26). The Hall–Kier alpha value is -2.34. The Kier molecular flexibility index (Phi) is 6.50. The lowest BCUT2D eigenvalue weighted by Gasteiger charge is -2.08. The molecule has 0 saturated heterocycles. The Morgan fingerprint density at radius 2 is 2.00 bits per heavy atom. The maximum atomic E-state index is 12.1. The molecule has 5 nitrogen and oxygen atoms in total. The number of carbonyl (C=O) groups is 1. The molecule has 0 radical (unpaired) electrons. The summed E-state index contributed by atoms with van der Waals surface area (Å²) >= 11 is 1.83. The van der Waals surface area contributed by atoms with Crippen LogP contribution in [-0.2, 0) is 17.6 Å². The number of benzene rings is 1. The van der Waals surface area contributed by atoms with E-state index >= 15 is 0 Å². The molecule has 0 saturated carbocycles. The number of rotatable bonds is 8. The number of fused-ring (bicyclic) bond motifs is 1. The van der Waals surface area contributed by atoms with E-state index in [4.69, 9.17) is 0 Å².